The molecule has 1 saturated heterocycles. The van der Waals surface area contributed by atoms with Gasteiger partial charge < -0.3 is 14.2 Å². The first-order valence-corrected chi connectivity index (χ1v) is 7.36. The second-order valence-electron chi connectivity index (χ2n) is 4.46. The van der Waals surface area contributed by atoms with Gasteiger partial charge in [-0.05, 0) is 35.5 Å². The van der Waals surface area contributed by atoms with Crippen molar-refractivity contribution in [2.75, 3.05) is 27.9 Å². The summed E-state index contributed by atoms with van der Waals surface area (Å²) in [5, 5.41) is -0.507. The largest absolute Gasteiger partial charge is 0.493 e. The Morgan fingerprint density at radius 1 is 1.17 bits per heavy atom. The van der Waals surface area contributed by atoms with Crippen molar-refractivity contribution >= 4 is 35.0 Å². The fourth-order valence-electron chi connectivity index (χ4n) is 1.92. The molecule has 1 aliphatic heterocycles. The summed E-state index contributed by atoms with van der Waals surface area (Å²) in [6, 6.07) is 5.12. The Morgan fingerprint density at radius 3 is 2.48 bits per heavy atom. The molecule has 8 heteroatoms. The molecule has 0 spiro atoms. The Kier molecular flexibility index (Phi) is 5.28. The average Bonchev–Trinajstić information content (AvgIpc) is 2.82. The van der Waals surface area contributed by atoms with Crippen LogP contribution in [0, 0.1) is 0 Å². The molecular weight excluding hydrogens is 322 g/mol. The molecule has 122 valence electrons. The Balaban J connectivity index is 2.25. The highest BCUT2D eigenvalue weighted by atomic mass is 32.2. The monoisotopic (exact) mass is 337 g/mol. The van der Waals surface area contributed by atoms with Crippen molar-refractivity contribution < 1.29 is 28.6 Å². The lowest BCUT2D eigenvalue weighted by Crippen LogP contribution is -2.34. The average molecular weight is 337 g/mol. The summed E-state index contributed by atoms with van der Waals surface area (Å²) >= 11 is 0.771. The molecule has 1 aliphatic rings. The Hall–Kier alpha value is -2.48. The van der Waals surface area contributed by atoms with E-state index in [2.05, 4.69) is 4.74 Å². The van der Waals surface area contributed by atoms with Gasteiger partial charge >= 0.3 is 5.97 Å². The second-order valence-corrected chi connectivity index (χ2v) is 5.45. The highest BCUT2D eigenvalue weighted by Crippen LogP contribution is 2.34. The summed E-state index contributed by atoms with van der Waals surface area (Å²) in [5.74, 6) is -0.113. The van der Waals surface area contributed by atoms with E-state index in [0.717, 1.165) is 16.7 Å². The van der Waals surface area contributed by atoms with E-state index in [1.165, 1.54) is 21.3 Å². The van der Waals surface area contributed by atoms with Gasteiger partial charge in [0, 0.05) is 0 Å². The highest BCUT2D eigenvalue weighted by Gasteiger charge is 2.36. The SMILES string of the molecule is COC(=O)CN1C(=O)S/C(=C\c2ccc(OC)c(OC)c2)C1=O. The fraction of sp³-hybridized carbons (Fsp3) is 0.267. The van der Waals surface area contributed by atoms with Crippen molar-refractivity contribution in [3.05, 3.63) is 28.7 Å². The number of methoxy groups -OCH3 is 3. The first kappa shape index (κ1) is 16.9. The van der Waals surface area contributed by atoms with Crippen molar-refractivity contribution in [2.45, 2.75) is 0 Å². The Bertz CT molecular complexity index is 685. The number of amides is 2. The lowest BCUT2D eigenvalue weighted by Gasteiger charge is -2.10. The van der Waals surface area contributed by atoms with Crippen LogP contribution < -0.4 is 9.47 Å². The summed E-state index contributed by atoms with van der Waals surface area (Å²) in [6.45, 7) is -0.398. The molecule has 1 aromatic rings. The third-order valence-corrected chi connectivity index (χ3v) is 4.00. The molecule has 0 N–H and O–H groups in total. The molecule has 0 atom stereocenters. The molecule has 1 heterocycles. The standard InChI is InChI=1S/C15H15NO6S/c1-20-10-5-4-9(6-11(10)21-2)7-12-14(18)16(15(19)23-12)8-13(17)22-3/h4-7H,8H2,1-3H3/b12-7-. The normalized spacial score (nSPS) is 16.0. The van der Waals surface area contributed by atoms with Crippen LogP contribution in [0.15, 0.2) is 23.1 Å². The number of carbonyl (C=O) groups is 3. The lowest BCUT2D eigenvalue weighted by atomic mass is 10.2. The van der Waals surface area contributed by atoms with E-state index in [0.29, 0.717) is 17.1 Å². The third kappa shape index (κ3) is 3.65. The van der Waals surface area contributed by atoms with Crippen molar-refractivity contribution in [3.8, 4) is 11.5 Å². The molecule has 2 amide bonds. The van der Waals surface area contributed by atoms with E-state index in [1.54, 1.807) is 24.3 Å². The Morgan fingerprint density at radius 2 is 1.87 bits per heavy atom. The van der Waals surface area contributed by atoms with Gasteiger partial charge in [0.15, 0.2) is 11.5 Å². The molecule has 1 aromatic carbocycles. The topological polar surface area (TPSA) is 82.1 Å². The lowest BCUT2D eigenvalue weighted by molar-refractivity contribution is -0.143. The van der Waals surface area contributed by atoms with Crippen LogP contribution in [0.5, 0.6) is 11.5 Å². The van der Waals surface area contributed by atoms with Crippen LogP contribution in [0.25, 0.3) is 6.08 Å². The summed E-state index contributed by atoms with van der Waals surface area (Å²) in [7, 11) is 4.22. The minimum Gasteiger partial charge on any atom is -0.493 e. The molecule has 7 nitrogen and oxygen atoms in total. The third-order valence-electron chi connectivity index (χ3n) is 3.09. The van der Waals surface area contributed by atoms with Crippen molar-refractivity contribution in [1.82, 2.24) is 4.90 Å². The van der Waals surface area contributed by atoms with Crippen LogP contribution in [-0.2, 0) is 14.3 Å². The van der Waals surface area contributed by atoms with Crippen LogP contribution in [0.2, 0.25) is 0 Å². The number of rotatable bonds is 5. The number of carbonyl (C=O) groups excluding carboxylic acids is 3. The Labute approximate surface area is 137 Å². The van der Waals surface area contributed by atoms with Gasteiger partial charge in [-0.3, -0.25) is 19.3 Å². The highest BCUT2D eigenvalue weighted by molar-refractivity contribution is 8.18. The van der Waals surface area contributed by atoms with Gasteiger partial charge in [-0.25, -0.2) is 0 Å². The maximum absolute atomic E-state index is 12.2. The van der Waals surface area contributed by atoms with Crippen molar-refractivity contribution in [2.24, 2.45) is 0 Å². The predicted molar refractivity (Wildman–Crippen MR) is 84.2 cm³/mol. The molecule has 0 aliphatic carbocycles. The molecular formula is C15H15NO6S. The van der Waals surface area contributed by atoms with Gasteiger partial charge in [0.25, 0.3) is 11.1 Å². The number of imide groups is 1. The van der Waals surface area contributed by atoms with Crippen molar-refractivity contribution in [1.29, 1.82) is 0 Å². The number of thioether (sulfide) groups is 1. The smallest absolute Gasteiger partial charge is 0.325 e. The number of nitrogens with zero attached hydrogens (tertiary/aromatic N) is 1. The first-order valence-electron chi connectivity index (χ1n) is 6.54. The number of esters is 1. The number of hydrogen-bond acceptors (Lipinski definition) is 7. The van der Waals surface area contributed by atoms with E-state index >= 15 is 0 Å². The van der Waals surface area contributed by atoms with Crippen LogP contribution in [0.1, 0.15) is 5.56 Å². The van der Waals surface area contributed by atoms with E-state index < -0.39 is 23.7 Å². The summed E-state index contributed by atoms with van der Waals surface area (Å²) in [5.41, 5.74) is 0.672. The summed E-state index contributed by atoms with van der Waals surface area (Å²) in [4.78, 5) is 36.4. The van der Waals surface area contributed by atoms with E-state index in [4.69, 9.17) is 9.47 Å². The maximum atomic E-state index is 12.2. The molecule has 0 saturated carbocycles. The zero-order chi connectivity index (χ0) is 17.0. The molecule has 1 fully saturated rings. The van der Waals surface area contributed by atoms with Crippen LogP contribution in [0.4, 0.5) is 4.79 Å². The molecule has 0 bridgehead atoms. The van der Waals surface area contributed by atoms with Gasteiger partial charge in [0.2, 0.25) is 0 Å². The van der Waals surface area contributed by atoms with E-state index in [1.807, 2.05) is 0 Å². The molecule has 0 aromatic heterocycles. The van der Waals surface area contributed by atoms with E-state index in [-0.39, 0.29) is 4.91 Å². The number of hydrogen-bond donors (Lipinski definition) is 0. The van der Waals surface area contributed by atoms with Crippen LogP contribution in [0.3, 0.4) is 0 Å². The fourth-order valence-corrected chi connectivity index (χ4v) is 2.76. The predicted octanol–water partition coefficient (Wildman–Crippen LogP) is 1.91. The maximum Gasteiger partial charge on any atom is 0.325 e. The van der Waals surface area contributed by atoms with Gasteiger partial charge in [-0.1, -0.05) is 6.07 Å². The second kappa shape index (κ2) is 7.19. The molecule has 2 rings (SSSR count). The zero-order valence-electron chi connectivity index (χ0n) is 12.8. The summed E-state index contributed by atoms with van der Waals surface area (Å²) < 4.78 is 14.8. The van der Waals surface area contributed by atoms with Crippen molar-refractivity contribution in [3.63, 3.8) is 0 Å². The van der Waals surface area contributed by atoms with Gasteiger partial charge in [0.05, 0.1) is 26.2 Å². The zero-order valence-corrected chi connectivity index (χ0v) is 13.6. The summed E-state index contributed by atoms with van der Waals surface area (Å²) in [6.07, 6.45) is 1.56. The number of benzene rings is 1. The van der Waals surface area contributed by atoms with Crippen LogP contribution >= 0.6 is 11.8 Å². The van der Waals surface area contributed by atoms with E-state index in [9.17, 15) is 14.4 Å². The molecule has 23 heavy (non-hydrogen) atoms. The van der Waals surface area contributed by atoms with Gasteiger partial charge in [-0.15, -0.1) is 0 Å². The quantitative estimate of drug-likeness (QED) is 0.599. The minimum atomic E-state index is -0.653. The number of ether oxygens (including phenoxy) is 3. The molecule has 0 radical (unpaired) electrons. The van der Waals surface area contributed by atoms with Gasteiger partial charge in [0.1, 0.15) is 6.54 Å². The minimum absolute atomic E-state index is 0.228. The first-order chi connectivity index (χ1) is 11.0. The molecule has 0 unspecified atom stereocenters. The van der Waals surface area contributed by atoms with Crippen LogP contribution in [-0.4, -0.2) is 49.9 Å². The van der Waals surface area contributed by atoms with Gasteiger partial charge in [-0.2, -0.15) is 0 Å².